The molecule has 1 aliphatic rings. The van der Waals surface area contributed by atoms with Gasteiger partial charge in [-0.15, -0.1) is 0 Å². The van der Waals surface area contributed by atoms with Crippen LogP contribution in [0.2, 0.25) is 0 Å². The highest BCUT2D eigenvalue weighted by molar-refractivity contribution is 9.10. The predicted octanol–water partition coefficient (Wildman–Crippen LogP) is 1.82. The molecule has 0 saturated carbocycles. The monoisotopic (exact) mass is 254 g/mol. The first-order chi connectivity index (χ1) is 6.68. The van der Waals surface area contributed by atoms with Crippen molar-refractivity contribution in [2.24, 2.45) is 5.73 Å². The van der Waals surface area contributed by atoms with Crippen LogP contribution >= 0.6 is 15.9 Å². The van der Waals surface area contributed by atoms with E-state index in [0.29, 0.717) is 5.69 Å². The summed E-state index contributed by atoms with van der Waals surface area (Å²) in [5.41, 5.74) is 7.82. The Morgan fingerprint density at radius 2 is 2.14 bits per heavy atom. The minimum absolute atomic E-state index is 0.359. The van der Waals surface area contributed by atoms with Crippen LogP contribution in [0, 0.1) is 0 Å². The molecule has 1 heterocycles. The number of pyridine rings is 1. The summed E-state index contributed by atoms with van der Waals surface area (Å²) in [7, 11) is 0. The zero-order valence-electron chi connectivity index (χ0n) is 7.72. The molecule has 1 aromatic rings. The van der Waals surface area contributed by atoms with E-state index in [1.807, 2.05) is 0 Å². The molecule has 1 amide bonds. The van der Waals surface area contributed by atoms with Gasteiger partial charge in [-0.1, -0.05) is 15.9 Å². The number of nitrogens with zero attached hydrogens (tertiary/aromatic N) is 1. The molecule has 0 aromatic carbocycles. The maximum Gasteiger partial charge on any atom is 0.267 e. The summed E-state index contributed by atoms with van der Waals surface area (Å²) < 4.78 is 0.969. The van der Waals surface area contributed by atoms with Crippen LogP contribution in [0.4, 0.5) is 0 Å². The molecule has 1 aliphatic carbocycles. The maximum absolute atomic E-state index is 11.0. The fourth-order valence-electron chi connectivity index (χ4n) is 1.78. The van der Waals surface area contributed by atoms with E-state index in [0.717, 1.165) is 29.4 Å². The van der Waals surface area contributed by atoms with Crippen molar-refractivity contribution in [3.05, 3.63) is 27.5 Å². The lowest BCUT2D eigenvalue weighted by Gasteiger charge is -2.16. The first-order valence-electron chi connectivity index (χ1n) is 4.66. The third-order valence-corrected chi connectivity index (χ3v) is 3.21. The fraction of sp³-hybridized carbons (Fsp3) is 0.400. The van der Waals surface area contributed by atoms with Gasteiger partial charge in [0.25, 0.3) is 5.91 Å². The number of rotatable bonds is 1. The van der Waals surface area contributed by atoms with Gasteiger partial charge in [-0.2, -0.15) is 0 Å². The molecule has 2 N–H and O–H groups in total. The number of amides is 1. The van der Waals surface area contributed by atoms with Crippen LogP contribution < -0.4 is 5.73 Å². The van der Waals surface area contributed by atoms with Crippen molar-refractivity contribution in [2.75, 3.05) is 0 Å². The Bertz CT molecular complexity index is 390. The SMILES string of the molecule is NC(=O)c1cc(Br)c2c(n1)CCCC2. The van der Waals surface area contributed by atoms with Crippen molar-refractivity contribution in [1.82, 2.24) is 4.98 Å². The van der Waals surface area contributed by atoms with Gasteiger partial charge in [0.15, 0.2) is 0 Å². The van der Waals surface area contributed by atoms with Crippen LogP contribution in [0.1, 0.15) is 34.6 Å². The molecule has 1 aromatic heterocycles. The number of carbonyl (C=O) groups excluding carboxylic acids is 1. The third-order valence-electron chi connectivity index (χ3n) is 2.50. The maximum atomic E-state index is 11.0. The second kappa shape index (κ2) is 3.69. The second-order valence-corrected chi connectivity index (χ2v) is 4.34. The second-order valence-electron chi connectivity index (χ2n) is 3.49. The molecule has 14 heavy (non-hydrogen) atoms. The lowest BCUT2D eigenvalue weighted by atomic mass is 9.96. The quantitative estimate of drug-likeness (QED) is 0.832. The number of fused-ring (bicyclic) bond motifs is 1. The molecular formula is C10H11BrN2O. The number of hydrogen-bond acceptors (Lipinski definition) is 2. The van der Waals surface area contributed by atoms with E-state index in [-0.39, 0.29) is 0 Å². The normalized spacial score (nSPS) is 14.9. The standard InChI is InChI=1S/C10H11BrN2O/c11-7-5-9(10(12)14)13-8-4-2-1-3-6(7)8/h5H,1-4H2,(H2,12,14). The average Bonchev–Trinajstić information content (AvgIpc) is 2.17. The van der Waals surface area contributed by atoms with Gasteiger partial charge in [-0.25, -0.2) is 4.98 Å². The highest BCUT2D eigenvalue weighted by Gasteiger charge is 2.16. The number of primary amides is 1. The van der Waals surface area contributed by atoms with Crippen LogP contribution in [0.25, 0.3) is 0 Å². The van der Waals surface area contributed by atoms with Gasteiger partial charge in [0, 0.05) is 10.2 Å². The Balaban J connectivity index is 2.51. The number of aryl methyl sites for hydroxylation is 1. The van der Waals surface area contributed by atoms with E-state index in [1.54, 1.807) is 6.07 Å². The minimum Gasteiger partial charge on any atom is -0.364 e. The lowest BCUT2D eigenvalue weighted by Crippen LogP contribution is -2.16. The molecule has 3 nitrogen and oxygen atoms in total. The molecule has 0 bridgehead atoms. The molecule has 0 unspecified atom stereocenters. The molecule has 0 aliphatic heterocycles. The Labute approximate surface area is 90.8 Å². The van der Waals surface area contributed by atoms with Crippen molar-refractivity contribution in [3.63, 3.8) is 0 Å². The van der Waals surface area contributed by atoms with Gasteiger partial charge < -0.3 is 5.73 Å². The Morgan fingerprint density at radius 1 is 1.43 bits per heavy atom. The van der Waals surface area contributed by atoms with Crippen LogP contribution in [0.5, 0.6) is 0 Å². The first kappa shape index (κ1) is 9.65. The molecule has 2 rings (SSSR count). The van der Waals surface area contributed by atoms with Gasteiger partial charge >= 0.3 is 0 Å². The largest absolute Gasteiger partial charge is 0.364 e. The lowest BCUT2D eigenvalue weighted by molar-refractivity contribution is 0.0995. The predicted molar refractivity (Wildman–Crippen MR) is 57.1 cm³/mol. The molecule has 0 saturated heterocycles. The van der Waals surface area contributed by atoms with E-state index in [4.69, 9.17) is 5.73 Å². The molecular weight excluding hydrogens is 244 g/mol. The van der Waals surface area contributed by atoms with Crippen molar-refractivity contribution in [1.29, 1.82) is 0 Å². The average molecular weight is 255 g/mol. The van der Waals surface area contributed by atoms with E-state index < -0.39 is 5.91 Å². The van der Waals surface area contributed by atoms with Crippen molar-refractivity contribution < 1.29 is 4.79 Å². The van der Waals surface area contributed by atoms with Crippen molar-refractivity contribution in [3.8, 4) is 0 Å². The summed E-state index contributed by atoms with van der Waals surface area (Å²) >= 11 is 3.45. The summed E-state index contributed by atoms with van der Waals surface area (Å²) in [6, 6.07) is 1.71. The zero-order valence-corrected chi connectivity index (χ0v) is 9.30. The van der Waals surface area contributed by atoms with Gasteiger partial charge in [0.1, 0.15) is 5.69 Å². The molecule has 0 fully saturated rings. The topological polar surface area (TPSA) is 56.0 Å². The first-order valence-corrected chi connectivity index (χ1v) is 5.46. The summed E-state index contributed by atoms with van der Waals surface area (Å²) in [4.78, 5) is 15.2. The minimum atomic E-state index is -0.459. The molecule has 0 atom stereocenters. The van der Waals surface area contributed by atoms with E-state index in [1.165, 1.54) is 12.0 Å². The van der Waals surface area contributed by atoms with Gasteiger partial charge in [0.05, 0.1) is 0 Å². The zero-order chi connectivity index (χ0) is 10.1. The summed E-state index contributed by atoms with van der Waals surface area (Å²) in [5, 5.41) is 0. The highest BCUT2D eigenvalue weighted by atomic mass is 79.9. The molecule has 4 heteroatoms. The van der Waals surface area contributed by atoms with Crippen LogP contribution in [0.15, 0.2) is 10.5 Å². The van der Waals surface area contributed by atoms with Gasteiger partial charge in [-0.3, -0.25) is 4.79 Å². The number of aromatic nitrogens is 1. The summed E-state index contributed by atoms with van der Waals surface area (Å²) in [6.45, 7) is 0. The van der Waals surface area contributed by atoms with Crippen LogP contribution in [-0.4, -0.2) is 10.9 Å². The van der Waals surface area contributed by atoms with Crippen LogP contribution in [0.3, 0.4) is 0 Å². The Hall–Kier alpha value is -0.900. The molecule has 0 spiro atoms. The fourth-order valence-corrected chi connectivity index (χ4v) is 2.43. The highest BCUT2D eigenvalue weighted by Crippen LogP contribution is 2.27. The smallest absolute Gasteiger partial charge is 0.267 e. The number of nitrogens with two attached hydrogens (primary N) is 1. The van der Waals surface area contributed by atoms with Gasteiger partial charge in [0.2, 0.25) is 0 Å². The molecule has 74 valence electrons. The Morgan fingerprint density at radius 3 is 2.86 bits per heavy atom. The number of halogens is 1. The van der Waals surface area contributed by atoms with E-state index in [2.05, 4.69) is 20.9 Å². The summed E-state index contributed by atoms with van der Waals surface area (Å²) in [6.07, 6.45) is 4.34. The Kier molecular flexibility index (Phi) is 2.54. The van der Waals surface area contributed by atoms with Crippen molar-refractivity contribution >= 4 is 21.8 Å². The van der Waals surface area contributed by atoms with Gasteiger partial charge in [-0.05, 0) is 37.3 Å². The number of carbonyl (C=O) groups is 1. The van der Waals surface area contributed by atoms with E-state index >= 15 is 0 Å². The van der Waals surface area contributed by atoms with Crippen LogP contribution in [-0.2, 0) is 12.8 Å². The third kappa shape index (κ3) is 1.66. The number of hydrogen-bond donors (Lipinski definition) is 1. The van der Waals surface area contributed by atoms with Crippen molar-refractivity contribution in [2.45, 2.75) is 25.7 Å². The molecule has 0 radical (unpaired) electrons. The van der Waals surface area contributed by atoms with E-state index in [9.17, 15) is 4.79 Å². The summed E-state index contributed by atoms with van der Waals surface area (Å²) in [5.74, 6) is -0.459.